The molecule has 0 heterocycles. The zero-order valence-electron chi connectivity index (χ0n) is 18.2. The van der Waals surface area contributed by atoms with Gasteiger partial charge in [0, 0.05) is 16.4 Å². The number of hydrogen-bond acceptors (Lipinski definition) is 6. The van der Waals surface area contributed by atoms with Crippen LogP contribution >= 0.6 is 11.6 Å². The smallest absolute Gasteiger partial charge is 0.265 e. The van der Waals surface area contributed by atoms with Crippen LogP contribution in [0.15, 0.2) is 65.6 Å². The summed E-state index contributed by atoms with van der Waals surface area (Å²) in [6, 6.07) is 15.8. The van der Waals surface area contributed by atoms with E-state index in [2.05, 4.69) is 10.0 Å². The highest BCUT2D eigenvalue weighted by Gasteiger charge is 2.21. The first kappa shape index (κ1) is 24.2. The minimum absolute atomic E-state index is 0.120. The normalized spacial score (nSPS) is 10.9. The van der Waals surface area contributed by atoms with Crippen molar-refractivity contribution in [2.45, 2.75) is 11.8 Å². The first-order valence-electron chi connectivity index (χ1n) is 9.75. The van der Waals surface area contributed by atoms with Gasteiger partial charge in [0.2, 0.25) is 0 Å². The predicted molar refractivity (Wildman–Crippen MR) is 127 cm³/mol. The molecule has 3 aromatic rings. The van der Waals surface area contributed by atoms with Crippen molar-refractivity contribution in [3.63, 3.8) is 0 Å². The van der Waals surface area contributed by atoms with E-state index in [1.807, 2.05) is 13.0 Å². The number of amides is 1. The molecule has 0 saturated heterocycles. The molecule has 1 amide bonds. The Hall–Kier alpha value is -3.43. The largest absolute Gasteiger partial charge is 0.495 e. The Morgan fingerprint density at radius 3 is 2.18 bits per heavy atom. The summed E-state index contributed by atoms with van der Waals surface area (Å²) in [7, 11) is -1.14. The molecule has 0 atom stereocenters. The molecule has 174 valence electrons. The minimum atomic E-state index is -4.01. The summed E-state index contributed by atoms with van der Waals surface area (Å²) in [5.41, 5.74) is 1.58. The first-order chi connectivity index (χ1) is 15.7. The maximum atomic E-state index is 12.9. The summed E-state index contributed by atoms with van der Waals surface area (Å²) in [4.78, 5) is 12.3. The molecule has 0 aromatic heterocycles. The number of rotatable bonds is 9. The highest BCUT2D eigenvalue weighted by Crippen LogP contribution is 2.30. The van der Waals surface area contributed by atoms with Crippen LogP contribution in [0.25, 0.3) is 0 Å². The molecule has 0 bridgehead atoms. The second-order valence-corrected chi connectivity index (χ2v) is 9.06. The lowest BCUT2D eigenvalue weighted by molar-refractivity contribution is -0.118. The topological polar surface area (TPSA) is 103 Å². The molecule has 0 fully saturated rings. The van der Waals surface area contributed by atoms with Gasteiger partial charge in [0.1, 0.15) is 10.6 Å². The molecule has 2 N–H and O–H groups in total. The van der Waals surface area contributed by atoms with Crippen molar-refractivity contribution in [1.82, 2.24) is 0 Å². The summed E-state index contributed by atoms with van der Waals surface area (Å²) in [6.07, 6.45) is 0. The minimum Gasteiger partial charge on any atom is -0.495 e. The van der Waals surface area contributed by atoms with E-state index >= 15 is 0 Å². The van der Waals surface area contributed by atoms with Gasteiger partial charge < -0.3 is 19.5 Å². The fourth-order valence-electron chi connectivity index (χ4n) is 2.93. The number of carbonyl (C=O) groups is 1. The third-order valence-corrected chi connectivity index (χ3v) is 6.17. The van der Waals surface area contributed by atoms with Crippen molar-refractivity contribution < 1.29 is 27.4 Å². The Balaban J connectivity index is 1.74. The van der Waals surface area contributed by atoms with Gasteiger partial charge in [0.05, 0.1) is 14.2 Å². The Bertz CT molecular complexity index is 1250. The summed E-state index contributed by atoms with van der Waals surface area (Å²) >= 11 is 5.85. The highest BCUT2D eigenvalue weighted by atomic mass is 35.5. The Kier molecular flexibility index (Phi) is 7.67. The van der Waals surface area contributed by atoms with Crippen molar-refractivity contribution in [3.05, 3.63) is 71.2 Å². The van der Waals surface area contributed by atoms with Gasteiger partial charge in [0.15, 0.2) is 18.1 Å². The molecule has 10 heteroatoms. The van der Waals surface area contributed by atoms with E-state index in [9.17, 15) is 13.2 Å². The standard InChI is InChI=1S/C23H23ClN2O6S/c1-15-4-10-19(21(12-15)31-3)32-14-23(27)25-18-9-11-20(30-2)22(13-18)33(28,29)26-17-7-5-16(24)6-8-17/h4-13,26H,14H2,1-3H3,(H,25,27). The van der Waals surface area contributed by atoms with Gasteiger partial charge in [-0.3, -0.25) is 9.52 Å². The van der Waals surface area contributed by atoms with E-state index in [-0.39, 0.29) is 22.9 Å². The number of carbonyl (C=O) groups excluding carboxylic acids is 1. The SMILES string of the molecule is COc1cc(C)ccc1OCC(=O)Nc1ccc(OC)c(S(=O)(=O)Nc2ccc(Cl)cc2)c1. The monoisotopic (exact) mass is 490 g/mol. The molecule has 0 aliphatic carbocycles. The van der Waals surface area contributed by atoms with E-state index in [4.69, 9.17) is 25.8 Å². The zero-order chi connectivity index (χ0) is 24.0. The van der Waals surface area contributed by atoms with Crippen molar-refractivity contribution >= 4 is 38.9 Å². The van der Waals surface area contributed by atoms with Crippen LogP contribution in [0.1, 0.15) is 5.56 Å². The summed E-state index contributed by atoms with van der Waals surface area (Å²) < 4.78 is 44.3. The highest BCUT2D eigenvalue weighted by molar-refractivity contribution is 7.92. The van der Waals surface area contributed by atoms with Crippen molar-refractivity contribution in [3.8, 4) is 17.2 Å². The van der Waals surface area contributed by atoms with Crippen LogP contribution in [0.4, 0.5) is 11.4 Å². The summed E-state index contributed by atoms with van der Waals surface area (Å²) in [6.45, 7) is 1.62. The Morgan fingerprint density at radius 2 is 1.52 bits per heavy atom. The molecule has 0 saturated carbocycles. The lowest BCUT2D eigenvalue weighted by Crippen LogP contribution is -2.21. The van der Waals surface area contributed by atoms with Crippen LogP contribution in [0.2, 0.25) is 5.02 Å². The van der Waals surface area contributed by atoms with Crippen LogP contribution < -0.4 is 24.2 Å². The van der Waals surface area contributed by atoms with Crippen LogP contribution in [-0.2, 0) is 14.8 Å². The molecule has 0 radical (unpaired) electrons. The van der Waals surface area contributed by atoms with Gasteiger partial charge in [-0.25, -0.2) is 8.42 Å². The Morgan fingerprint density at radius 1 is 0.879 bits per heavy atom. The van der Waals surface area contributed by atoms with Gasteiger partial charge in [0.25, 0.3) is 15.9 Å². The molecule has 0 spiro atoms. The lowest BCUT2D eigenvalue weighted by Gasteiger charge is -2.14. The molecule has 8 nitrogen and oxygen atoms in total. The van der Waals surface area contributed by atoms with Crippen molar-refractivity contribution in [2.75, 3.05) is 30.9 Å². The number of hydrogen-bond donors (Lipinski definition) is 2. The van der Waals surface area contributed by atoms with E-state index in [1.54, 1.807) is 24.3 Å². The number of anilines is 2. The van der Waals surface area contributed by atoms with E-state index in [1.165, 1.54) is 44.6 Å². The third kappa shape index (κ3) is 6.30. The number of nitrogens with one attached hydrogen (secondary N) is 2. The van der Waals surface area contributed by atoms with Crippen LogP contribution in [-0.4, -0.2) is 35.2 Å². The van der Waals surface area contributed by atoms with E-state index in [0.29, 0.717) is 22.2 Å². The second kappa shape index (κ2) is 10.5. The summed E-state index contributed by atoms with van der Waals surface area (Å²) in [5.74, 6) is 0.573. The molecule has 3 rings (SSSR count). The number of methoxy groups -OCH3 is 2. The van der Waals surface area contributed by atoms with Crippen molar-refractivity contribution in [1.29, 1.82) is 0 Å². The molecule has 0 aliphatic rings. The number of sulfonamides is 1. The fourth-order valence-corrected chi connectivity index (χ4v) is 4.31. The van der Waals surface area contributed by atoms with Gasteiger partial charge in [-0.05, 0) is 67.1 Å². The number of benzene rings is 3. The van der Waals surface area contributed by atoms with Gasteiger partial charge in [-0.1, -0.05) is 17.7 Å². The van der Waals surface area contributed by atoms with Crippen LogP contribution in [0, 0.1) is 6.92 Å². The molecular weight excluding hydrogens is 468 g/mol. The second-order valence-electron chi connectivity index (χ2n) is 6.97. The van der Waals surface area contributed by atoms with Gasteiger partial charge in [-0.15, -0.1) is 0 Å². The zero-order valence-corrected chi connectivity index (χ0v) is 19.8. The maximum absolute atomic E-state index is 12.9. The van der Waals surface area contributed by atoms with Crippen LogP contribution in [0.3, 0.4) is 0 Å². The van der Waals surface area contributed by atoms with Crippen molar-refractivity contribution in [2.24, 2.45) is 0 Å². The first-order valence-corrected chi connectivity index (χ1v) is 11.6. The predicted octanol–water partition coefficient (Wildman–Crippen LogP) is 4.48. The fraction of sp³-hybridized carbons (Fsp3) is 0.174. The number of ether oxygens (including phenoxy) is 3. The van der Waals surface area contributed by atoms with Gasteiger partial charge in [-0.2, -0.15) is 0 Å². The average Bonchev–Trinajstić information content (AvgIpc) is 2.79. The van der Waals surface area contributed by atoms with Gasteiger partial charge >= 0.3 is 0 Å². The van der Waals surface area contributed by atoms with E-state index < -0.39 is 15.9 Å². The molecule has 33 heavy (non-hydrogen) atoms. The van der Waals surface area contributed by atoms with Crippen LogP contribution in [0.5, 0.6) is 17.2 Å². The maximum Gasteiger partial charge on any atom is 0.265 e. The number of aryl methyl sites for hydroxylation is 1. The third-order valence-electron chi connectivity index (χ3n) is 4.51. The molecule has 0 aliphatic heterocycles. The lowest BCUT2D eigenvalue weighted by atomic mass is 10.2. The number of halogens is 1. The molecular formula is C23H23ClN2O6S. The van der Waals surface area contributed by atoms with E-state index in [0.717, 1.165) is 5.56 Å². The summed E-state index contributed by atoms with van der Waals surface area (Å²) in [5, 5.41) is 3.10. The Labute approximate surface area is 197 Å². The average molecular weight is 491 g/mol. The molecule has 0 unspecified atom stereocenters. The molecule has 3 aromatic carbocycles. The quantitative estimate of drug-likeness (QED) is 0.458.